The molecule has 0 aliphatic carbocycles. The Balaban J connectivity index is 1.75. The molecule has 0 fully saturated rings. The summed E-state index contributed by atoms with van der Waals surface area (Å²) >= 11 is 1.16. The lowest BCUT2D eigenvalue weighted by Crippen LogP contribution is -2.28. The molecule has 0 bridgehead atoms. The Kier molecular flexibility index (Phi) is 7.54. The summed E-state index contributed by atoms with van der Waals surface area (Å²) in [6, 6.07) is 13.8. The number of nitrogens with one attached hydrogen (secondary N) is 1. The van der Waals surface area contributed by atoms with Crippen LogP contribution < -0.4 is 14.8 Å². The largest absolute Gasteiger partial charge is 0.497 e. The van der Waals surface area contributed by atoms with E-state index in [-0.39, 0.29) is 17.3 Å². The van der Waals surface area contributed by atoms with E-state index in [4.69, 9.17) is 14.5 Å². The standard InChI is InChI=1S/C26H25FN4O3S/c1-31-11-10-21-19(14-31)25(17-12-16(33-2)8-9-23(17)34-3)18(13-28)26(30-21)35-15-24(32)29-22-7-5-4-6-20(22)27/h4-9,12H,10-11,14-15H2,1-3H3,(H,29,32). The number of hydrogen-bond acceptors (Lipinski definition) is 7. The Morgan fingerprint density at radius 1 is 1.26 bits per heavy atom. The molecule has 1 aromatic heterocycles. The summed E-state index contributed by atoms with van der Waals surface area (Å²) in [5.41, 5.74) is 3.80. The van der Waals surface area contributed by atoms with Gasteiger partial charge in [0, 0.05) is 36.3 Å². The van der Waals surface area contributed by atoms with Crippen LogP contribution in [0.1, 0.15) is 16.8 Å². The first kappa shape index (κ1) is 24.5. The molecule has 1 aliphatic rings. The highest BCUT2D eigenvalue weighted by atomic mass is 32.2. The highest BCUT2D eigenvalue weighted by molar-refractivity contribution is 8.00. The van der Waals surface area contributed by atoms with Gasteiger partial charge in [0.25, 0.3) is 0 Å². The molecular weight excluding hydrogens is 467 g/mol. The minimum Gasteiger partial charge on any atom is -0.497 e. The third kappa shape index (κ3) is 5.24. The van der Waals surface area contributed by atoms with Gasteiger partial charge in [0.1, 0.15) is 28.4 Å². The molecule has 9 heteroatoms. The molecule has 1 N–H and O–H groups in total. The van der Waals surface area contributed by atoms with Crippen molar-refractivity contribution < 1.29 is 18.7 Å². The van der Waals surface area contributed by atoms with Crippen molar-refractivity contribution in [3.05, 3.63) is 65.1 Å². The highest BCUT2D eigenvalue weighted by Gasteiger charge is 2.27. The molecule has 0 radical (unpaired) electrons. The molecule has 0 saturated carbocycles. The van der Waals surface area contributed by atoms with Gasteiger partial charge in [-0.25, -0.2) is 9.37 Å². The molecule has 4 rings (SSSR count). The molecule has 0 unspecified atom stereocenters. The second kappa shape index (κ2) is 10.8. The van der Waals surface area contributed by atoms with Gasteiger partial charge in [0.15, 0.2) is 0 Å². The normalized spacial score (nSPS) is 13.0. The van der Waals surface area contributed by atoms with Crippen molar-refractivity contribution >= 4 is 23.4 Å². The van der Waals surface area contributed by atoms with Crippen molar-refractivity contribution in [3.8, 4) is 28.7 Å². The zero-order valence-corrected chi connectivity index (χ0v) is 20.5. The number of nitrogens with zero attached hydrogens (tertiary/aromatic N) is 3. The van der Waals surface area contributed by atoms with Crippen molar-refractivity contribution in [1.82, 2.24) is 9.88 Å². The van der Waals surface area contributed by atoms with Gasteiger partial charge in [0.2, 0.25) is 5.91 Å². The number of thioether (sulfide) groups is 1. The molecule has 2 aromatic carbocycles. The molecule has 1 aliphatic heterocycles. The number of para-hydroxylation sites is 1. The van der Waals surface area contributed by atoms with E-state index in [0.717, 1.165) is 40.7 Å². The van der Waals surface area contributed by atoms with Crippen LogP contribution in [0.15, 0.2) is 47.5 Å². The molecule has 2 heterocycles. The van der Waals surface area contributed by atoms with Gasteiger partial charge in [-0.1, -0.05) is 23.9 Å². The number of pyridine rings is 1. The molecule has 0 saturated heterocycles. The number of hydrogen-bond donors (Lipinski definition) is 1. The molecule has 180 valence electrons. The summed E-state index contributed by atoms with van der Waals surface area (Å²) < 4.78 is 25.0. The smallest absolute Gasteiger partial charge is 0.234 e. The van der Waals surface area contributed by atoms with E-state index in [2.05, 4.69) is 16.3 Å². The van der Waals surface area contributed by atoms with Gasteiger partial charge in [-0.15, -0.1) is 0 Å². The molecule has 35 heavy (non-hydrogen) atoms. The lowest BCUT2D eigenvalue weighted by molar-refractivity contribution is -0.113. The third-order valence-electron chi connectivity index (χ3n) is 5.78. The highest BCUT2D eigenvalue weighted by Crippen LogP contribution is 2.42. The second-order valence-electron chi connectivity index (χ2n) is 8.07. The topological polar surface area (TPSA) is 87.5 Å². The monoisotopic (exact) mass is 492 g/mol. The van der Waals surface area contributed by atoms with E-state index in [1.165, 1.54) is 12.1 Å². The Morgan fingerprint density at radius 3 is 2.77 bits per heavy atom. The number of nitriles is 1. The lowest BCUT2D eigenvalue weighted by Gasteiger charge is -2.28. The third-order valence-corrected chi connectivity index (χ3v) is 6.76. The number of anilines is 1. The SMILES string of the molecule is COc1ccc(OC)c(-c2c(C#N)c(SCC(=O)Nc3ccccc3F)nc3c2CN(C)CC3)c1. The van der Waals surface area contributed by atoms with Crippen LogP contribution in [-0.4, -0.2) is 49.4 Å². The summed E-state index contributed by atoms with van der Waals surface area (Å²) in [5.74, 6) is 0.328. The van der Waals surface area contributed by atoms with Crippen LogP contribution in [0.5, 0.6) is 11.5 Å². The molecule has 1 amide bonds. The Hall–Kier alpha value is -3.61. The second-order valence-corrected chi connectivity index (χ2v) is 9.04. The quantitative estimate of drug-likeness (QED) is 0.486. The van der Waals surface area contributed by atoms with Crippen LogP contribution in [0.4, 0.5) is 10.1 Å². The number of fused-ring (bicyclic) bond motifs is 1. The lowest BCUT2D eigenvalue weighted by atomic mass is 9.91. The number of likely N-dealkylation sites (N-methyl/N-ethyl adjacent to an activating group) is 1. The maximum Gasteiger partial charge on any atom is 0.234 e. The molecular formula is C26H25FN4O3S. The number of rotatable bonds is 7. The van der Waals surface area contributed by atoms with E-state index < -0.39 is 5.82 Å². The van der Waals surface area contributed by atoms with Gasteiger partial charge in [-0.2, -0.15) is 5.26 Å². The summed E-state index contributed by atoms with van der Waals surface area (Å²) in [6.07, 6.45) is 0.714. The first-order chi connectivity index (χ1) is 16.9. The fourth-order valence-electron chi connectivity index (χ4n) is 4.07. The Bertz CT molecular complexity index is 1310. The van der Waals surface area contributed by atoms with E-state index in [9.17, 15) is 14.4 Å². The first-order valence-electron chi connectivity index (χ1n) is 11.0. The van der Waals surface area contributed by atoms with Crippen LogP contribution in [0.3, 0.4) is 0 Å². The van der Waals surface area contributed by atoms with Crippen molar-refractivity contribution in [3.63, 3.8) is 0 Å². The van der Waals surface area contributed by atoms with Crippen LogP contribution >= 0.6 is 11.8 Å². The van der Waals surface area contributed by atoms with Crippen LogP contribution in [0.25, 0.3) is 11.1 Å². The zero-order chi connectivity index (χ0) is 24.9. The van der Waals surface area contributed by atoms with Crippen LogP contribution in [-0.2, 0) is 17.8 Å². The average molecular weight is 493 g/mol. The Morgan fingerprint density at radius 2 is 2.06 bits per heavy atom. The van der Waals surface area contributed by atoms with Crippen LogP contribution in [0, 0.1) is 17.1 Å². The molecule has 3 aromatic rings. The number of ether oxygens (including phenoxy) is 2. The summed E-state index contributed by atoms with van der Waals surface area (Å²) in [4.78, 5) is 19.5. The molecule has 0 atom stereocenters. The minimum atomic E-state index is -0.507. The number of benzene rings is 2. The summed E-state index contributed by atoms with van der Waals surface area (Å²) in [6.45, 7) is 1.46. The molecule has 0 spiro atoms. The number of carbonyl (C=O) groups excluding carboxylic acids is 1. The van der Waals surface area contributed by atoms with E-state index in [0.29, 0.717) is 35.1 Å². The van der Waals surface area contributed by atoms with Crippen LogP contribution in [0.2, 0.25) is 0 Å². The number of carbonyl (C=O) groups is 1. The minimum absolute atomic E-state index is 0.0244. The van der Waals surface area contributed by atoms with Gasteiger partial charge in [0.05, 0.1) is 31.2 Å². The fourth-order valence-corrected chi connectivity index (χ4v) is 4.88. The van der Waals surface area contributed by atoms with Gasteiger partial charge in [-0.05, 0) is 42.9 Å². The first-order valence-corrected chi connectivity index (χ1v) is 12.0. The maximum atomic E-state index is 13.9. The van der Waals surface area contributed by atoms with Crippen molar-refractivity contribution in [2.45, 2.75) is 18.0 Å². The predicted molar refractivity (Wildman–Crippen MR) is 133 cm³/mol. The van der Waals surface area contributed by atoms with Crippen molar-refractivity contribution in [2.24, 2.45) is 0 Å². The number of halogens is 1. The zero-order valence-electron chi connectivity index (χ0n) is 19.7. The summed E-state index contributed by atoms with van der Waals surface area (Å²) in [5, 5.41) is 13.3. The van der Waals surface area contributed by atoms with Gasteiger partial charge < -0.3 is 19.7 Å². The Labute approximate surface area is 207 Å². The maximum absolute atomic E-state index is 13.9. The van der Waals surface area contributed by atoms with Crippen molar-refractivity contribution in [2.75, 3.05) is 38.9 Å². The fraction of sp³-hybridized carbons (Fsp3) is 0.269. The number of methoxy groups -OCH3 is 2. The van der Waals surface area contributed by atoms with E-state index in [1.807, 2.05) is 19.2 Å². The average Bonchev–Trinajstić information content (AvgIpc) is 2.87. The van der Waals surface area contributed by atoms with Crippen molar-refractivity contribution in [1.29, 1.82) is 5.26 Å². The predicted octanol–water partition coefficient (Wildman–Crippen LogP) is 4.50. The number of aromatic nitrogens is 1. The van der Waals surface area contributed by atoms with Gasteiger partial charge in [-0.3, -0.25) is 4.79 Å². The number of amides is 1. The molecule has 7 nitrogen and oxygen atoms in total. The van der Waals surface area contributed by atoms with E-state index >= 15 is 0 Å². The van der Waals surface area contributed by atoms with E-state index in [1.54, 1.807) is 32.4 Å². The summed E-state index contributed by atoms with van der Waals surface area (Å²) in [7, 11) is 5.19. The van der Waals surface area contributed by atoms with Gasteiger partial charge >= 0.3 is 0 Å².